The van der Waals surface area contributed by atoms with Crippen molar-refractivity contribution in [3.63, 3.8) is 0 Å². The first-order valence-corrected chi connectivity index (χ1v) is 7.93. The van der Waals surface area contributed by atoms with E-state index in [1.807, 2.05) is 45.0 Å². The van der Waals surface area contributed by atoms with E-state index >= 15 is 0 Å². The molecule has 1 heterocycles. The average Bonchev–Trinajstić information content (AvgIpc) is 2.56. The van der Waals surface area contributed by atoms with E-state index in [1.165, 1.54) is 0 Å². The van der Waals surface area contributed by atoms with Gasteiger partial charge in [-0.15, -0.1) is 0 Å². The molecule has 0 spiro atoms. The van der Waals surface area contributed by atoms with Gasteiger partial charge in [-0.3, -0.25) is 4.79 Å². The first-order chi connectivity index (χ1) is 11.0. The van der Waals surface area contributed by atoms with Crippen molar-refractivity contribution in [1.82, 2.24) is 15.3 Å². The van der Waals surface area contributed by atoms with Gasteiger partial charge in [0.05, 0.1) is 0 Å². The Labute approximate surface area is 137 Å². The van der Waals surface area contributed by atoms with Gasteiger partial charge in [0.15, 0.2) is 0 Å². The van der Waals surface area contributed by atoms with Crippen LogP contribution < -0.4 is 10.6 Å². The molecule has 2 N–H and O–H groups in total. The summed E-state index contributed by atoms with van der Waals surface area (Å²) < 4.78 is 0. The van der Waals surface area contributed by atoms with Crippen LogP contribution in [-0.4, -0.2) is 21.9 Å². The first kappa shape index (κ1) is 16.9. The molecule has 0 bridgehead atoms. The molecule has 0 aliphatic rings. The van der Waals surface area contributed by atoms with E-state index < -0.39 is 0 Å². The summed E-state index contributed by atoms with van der Waals surface area (Å²) in [5.41, 5.74) is 3.72. The van der Waals surface area contributed by atoms with E-state index in [0.717, 1.165) is 23.2 Å². The Kier molecular flexibility index (Phi) is 5.68. The van der Waals surface area contributed by atoms with Crippen molar-refractivity contribution in [3.05, 3.63) is 52.8 Å². The molecule has 1 atom stereocenters. The highest BCUT2D eigenvalue weighted by molar-refractivity contribution is 5.94. The first-order valence-electron chi connectivity index (χ1n) is 7.93. The Morgan fingerprint density at radius 2 is 2.09 bits per heavy atom. The van der Waals surface area contributed by atoms with Crippen molar-refractivity contribution < 1.29 is 4.79 Å². The summed E-state index contributed by atoms with van der Waals surface area (Å²) in [6, 6.07) is 7.77. The zero-order valence-electron chi connectivity index (χ0n) is 14.2. The van der Waals surface area contributed by atoms with Crippen LogP contribution in [0, 0.1) is 13.8 Å². The molecule has 0 fully saturated rings. The molecule has 0 saturated heterocycles. The van der Waals surface area contributed by atoms with Gasteiger partial charge >= 0.3 is 0 Å². The van der Waals surface area contributed by atoms with Gasteiger partial charge in [0.25, 0.3) is 5.91 Å². The van der Waals surface area contributed by atoms with Crippen LogP contribution in [-0.2, 0) is 6.54 Å². The maximum Gasteiger partial charge on any atom is 0.251 e. The van der Waals surface area contributed by atoms with Crippen molar-refractivity contribution in [2.45, 2.75) is 46.7 Å². The number of benzene rings is 1. The standard InChI is InChI=1S/C18H24N4O/c1-5-13(3)21-17(23)16-8-6-7-15(9-16)11-20-18-19-10-12(2)14(4)22-18/h6-10,13H,5,11H2,1-4H3,(H,21,23)(H,19,20,22)/t13-/m0/s1. The fourth-order valence-corrected chi connectivity index (χ4v) is 2.03. The van der Waals surface area contributed by atoms with E-state index in [4.69, 9.17) is 0 Å². The smallest absolute Gasteiger partial charge is 0.251 e. The van der Waals surface area contributed by atoms with Gasteiger partial charge in [-0.2, -0.15) is 0 Å². The Hall–Kier alpha value is -2.43. The Morgan fingerprint density at radius 3 is 2.78 bits per heavy atom. The number of carbonyl (C=O) groups is 1. The number of nitrogens with one attached hydrogen (secondary N) is 2. The molecule has 0 aliphatic carbocycles. The van der Waals surface area contributed by atoms with E-state index in [0.29, 0.717) is 18.1 Å². The number of anilines is 1. The fourth-order valence-electron chi connectivity index (χ4n) is 2.03. The summed E-state index contributed by atoms with van der Waals surface area (Å²) in [6.45, 7) is 8.57. The summed E-state index contributed by atoms with van der Waals surface area (Å²) >= 11 is 0. The summed E-state index contributed by atoms with van der Waals surface area (Å²) in [7, 11) is 0. The number of rotatable bonds is 6. The number of nitrogens with zero attached hydrogens (tertiary/aromatic N) is 2. The quantitative estimate of drug-likeness (QED) is 0.859. The second kappa shape index (κ2) is 7.72. The van der Waals surface area contributed by atoms with Crippen molar-refractivity contribution in [2.75, 3.05) is 5.32 Å². The number of aryl methyl sites for hydroxylation is 2. The van der Waals surface area contributed by atoms with Crippen molar-refractivity contribution in [1.29, 1.82) is 0 Å². The van der Waals surface area contributed by atoms with Crippen molar-refractivity contribution >= 4 is 11.9 Å². The third-order valence-corrected chi connectivity index (χ3v) is 3.85. The lowest BCUT2D eigenvalue weighted by molar-refractivity contribution is 0.0939. The Morgan fingerprint density at radius 1 is 1.30 bits per heavy atom. The Bertz CT molecular complexity index is 684. The molecule has 2 aromatic rings. The molecule has 0 saturated carbocycles. The van der Waals surface area contributed by atoms with Gasteiger partial charge in [-0.1, -0.05) is 19.1 Å². The third-order valence-electron chi connectivity index (χ3n) is 3.85. The second-order valence-corrected chi connectivity index (χ2v) is 5.80. The predicted octanol–water partition coefficient (Wildman–Crippen LogP) is 3.23. The Balaban J connectivity index is 2.02. The molecule has 5 nitrogen and oxygen atoms in total. The van der Waals surface area contributed by atoms with Crippen LogP contribution in [0.3, 0.4) is 0 Å². The molecule has 1 amide bonds. The third kappa shape index (κ3) is 4.77. The lowest BCUT2D eigenvalue weighted by atomic mass is 10.1. The van der Waals surface area contributed by atoms with Crippen molar-refractivity contribution in [3.8, 4) is 0 Å². The van der Waals surface area contributed by atoms with Crippen molar-refractivity contribution in [2.24, 2.45) is 0 Å². The van der Waals surface area contributed by atoms with E-state index in [9.17, 15) is 4.79 Å². The molecule has 1 aromatic carbocycles. The van der Waals surface area contributed by atoms with Gasteiger partial charge in [0, 0.05) is 30.0 Å². The number of hydrogen-bond acceptors (Lipinski definition) is 4. The van der Waals surface area contributed by atoms with Crippen LogP contribution in [0.15, 0.2) is 30.5 Å². The molecule has 5 heteroatoms. The number of carbonyl (C=O) groups excluding carboxylic acids is 1. The fraction of sp³-hybridized carbons (Fsp3) is 0.389. The van der Waals surface area contributed by atoms with Crippen LogP contribution in [0.4, 0.5) is 5.95 Å². The minimum Gasteiger partial charge on any atom is -0.350 e. The molecule has 1 aromatic heterocycles. The molecular weight excluding hydrogens is 288 g/mol. The maximum absolute atomic E-state index is 12.2. The summed E-state index contributed by atoms with van der Waals surface area (Å²) in [4.78, 5) is 20.8. The van der Waals surface area contributed by atoms with E-state index in [1.54, 1.807) is 6.20 Å². The maximum atomic E-state index is 12.2. The van der Waals surface area contributed by atoms with Crippen LogP contribution in [0.5, 0.6) is 0 Å². The van der Waals surface area contributed by atoms with Gasteiger partial charge in [0.2, 0.25) is 5.95 Å². The number of hydrogen-bond donors (Lipinski definition) is 2. The summed E-state index contributed by atoms with van der Waals surface area (Å²) in [5.74, 6) is 0.561. The van der Waals surface area contributed by atoms with Crippen LogP contribution in [0.1, 0.15) is 47.4 Å². The monoisotopic (exact) mass is 312 g/mol. The van der Waals surface area contributed by atoms with Crippen LogP contribution >= 0.6 is 0 Å². The zero-order valence-corrected chi connectivity index (χ0v) is 14.2. The lowest BCUT2D eigenvalue weighted by Gasteiger charge is -2.12. The van der Waals surface area contributed by atoms with Gasteiger partial charge in [0.1, 0.15) is 0 Å². The zero-order chi connectivity index (χ0) is 16.8. The average molecular weight is 312 g/mol. The topological polar surface area (TPSA) is 66.9 Å². The second-order valence-electron chi connectivity index (χ2n) is 5.80. The normalized spacial score (nSPS) is 11.8. The molecule has 23 heavy (non-hydrogen) atoms. The van der Waals surface area contributed by atoms with Gasteiger partial charge < -0.3 is 10.6 Å². The lowest BCUT2D eigenvalue weighted by Crippen LogP contribution is -2.31. The van der Waals surface area contributed by atoms with Crippen LogP contribution in [0.25, 0.3) is 0 Å². The highest BCUT2D eigenvalue weighted by atomic mass is 16.1. The molecule has 0 unspecified atom stereocenters. The highest BCUT2D eigenvalue weighted by Crippen LogP contribution is 2.10. The largest absolute Gasteiger partial charge is 0.350 e. The minimum atomic E-state index is -0.0383. The van der Waals surface area contributed by atoms with E-state index in [-0.39, 0.29) is 11.9 Å². The molecular formula is C18H24N4O. The van der Waals surface area contributed by atoms with Crippen LogP contribution in [0.2, 0.25) is 0 Å². The summed E-state index contributed by atoms with van der Waals surface area (Å²) in [6.07, 6.45) is 2.72. The predicted molar refractivity (Wildman–Crippen MR) is 92.5 cm³/mol. The number of amides is 1. The molecule has 0 aliphatic heterocycles. The minimum absolute atomic E-state index is 0.0383. The van der Waals surface area contributed by atoms with Gasteiger partial charge in [-0.05, 0) is 50.5 Å². The molecule has 122 valence electrons. The van der Waals surface area contributed by atoms with E-state index in [2.05, 4.69) is 27.5 Å². The number of aromatic nitrogens is 2. The SMILES string of the molecule is CC[C@H](C)NC(=O)c1cccc(CNc2ncc(C)c(C)n2)c1. The molecule has 2 rings (SSSR count). The molecule has 0 radical (unpaired) electrons. The summed E-state index contributed by atoms with van der Waals surface area (Å²) in [5, 5.41) is 6.17. The highest BCUT2D eigenvalue weighted by Gasteiger charge is 2.09. The van der Waals surface area contributed by atoms with Gasteiger partial charge in [-0.25, -0.2) is 9.97 Å².